The largest absolute Gasteiger partial charge is 0.486 e. The molecule has 142 valence electrons. The minimum Gasteiger partial charge on any atom is -0.486 e. The maximum absolute atomic E-state index is 13.6. The van der Waals surface area contributed by atoms with Crippen LogP contribution in [0.4, 0.5) is 4.39 Å². The van der Waals surface area contributed by atoms with E-state index in [4.69, 9.17) is 4.74 Å². The highest BCUT2D eigenvalue weighted by Gasteiger charge is 2.09. The Morgan fingerprint density at radius 2 is 1.96 bits per heavy atom. The van der Waals surface area contributed by atoms with Crippen LogP contribution in [0.15, 0.2) is 53.5 Å². The van der Waals surface area contributed by atoms with Crippen LogP contribution in [0, 0.1) is 5.82 Å². The number of fused-ring (bicyclic) bond motifs is 1. The number of H-pyrrole nitrogens is 1. The second-order valence-electron chi connectivity index (χ2n) is 6.19. The van der Waals surface area contributed by atoms with Crippen LogP contribution in [0.1, 0.15) is 12.7 Å². The molecule has 1 heterocycles. The van der Waals surface area contributed by atoms with Crippen LogP contribution in [0.2, 0.25) is 0 Å². The molecule has 1 aromatic heterocycles. The van der Waals surface area contributed by atoms with Gasteiger partial charge in [0, 0.05) is 20.0 Å². The van der Waals surface area contributed by atoms with E-state index in [-0.39, 0.29) is 17.7 Å². The predicted octanol–water partition coefficient (Wildman–Crippen LogP) is 2.88. The van der Waals surface area contributed by atoms with Crippen LogP contribution < -0.4 is 15.4 Å². The van der Waals surface area contributed by atoms with E-state index in [1.807, 2.05) is 31.2 Å². The summed E-state index contributed by atoms with van der Waals surface area (Å²) in [5.41, 5.74) is 2.00. The highest BCUT2D eigenvalue weighted by Crippen LogP contribution is 2.16. The third kappa shape index (κ3) is 5.20. The molecule has 1 unspecified atom stereocenters. The van der Waals surface area contributed by atoms with Crippen molar-refractivity contribution in [2.75, 3.05) is 20.1 Å². The number of guanidine groups is 1. The highest BCUT2D eigenvalue weighted by atomic mass is 19.1. The van der Waals surface area contributed by atoms with Gasteiger partial charge < -0.3 is 20.4 Å². The molecule has 0 aliphatic carbocycles. The lowest BCUT2D eigenvalue weighted by molar-refractivity contribution is 0.214. The molecule has 3 aromatic rings. The number of aliphatic imine (C=N–C) groups is 1. The highest BCUT2D eigenvalue weighted by molar-refractivity contribution is 5.79. The number of rotatable bonds is 7. The molecule has 7 heteroatoms. The molecule has 0 saturated carbocycles. The molecule has 27 heavy (non-hydrogen) atoms. The monoisotopic (exact) mass is 369 g/mol. The summed E-state index contributed by atoms with van der Waals surface area (Å²) in [7, 11) is 1.71. The van der Waals surface area contributed by atoms with Crippen molar-refractivity contribution in [2.45, 2.75) is 19.4 Å². The molecule has 0 aliphatic heterocycles. The molecule has 3 rings (SSSR count). The Kier molecular flexibility index (Phi) is 6.25. The van der Waals surface area contributed by atoms with Crippen LogP contribution in [0.3, 0.4) is 0 Å². The zero-order valence-electron chi connectivity index (χ0n) is 15.5. The smallest absolute Gasteiger partial charge is 0.191 e. The zero-order chi connectivity index (χ0) is 19.1. The number of imidazole rings is 1. The fraction of sp³-hybridized carbons (Fsp3) is 0.300. The van der Waals surface area contributed by atoms with E-state index in [2.05, 4.69) is 25.6 Å². The van der Waals surface area contributed by atoms with Gasteiger partial charge in [-0.05, 0) is 31.2 Å². The zero-order valence-corrected chi connectivity index (χ0v) is 15.5. The summed E-state index contributed by atoms with van der Waals surface area (Å²) in [5.74, 6) is 1.47. The van der Waals surface area contributed by atoms with Crippen LogP contribution in [0.25, 0.3) is 11.0 Å². The summed E-state index contributed by atoms with van der Waals surface area (Å²) >= 11 is 0. The number of halogens is 1. The third-order valence-corrected chi connectivity index (χ3v) is 4.04. The molecule has 1 atom stereocenters. The summed E-state index contributed by atoms with van der Waals surface area (Å²) in [5, 5.41) is 6.42. The van der Waals surface area contributed by atoms with Crippen molar-refractivity contribution in [3.8, 4) is 5.75 Å². The third-order valence-electron chi connectivity index (χ3n) is 4.04. The Morgan fingerprint density at radius 1 is 1.19 bits per heavy atom. The Balaban J connectivity index is 1.43. The second kappa shape index (κ2) is 9.02. The van der Waals surface area contributed by atoms with Crippen molar-refractivity contribution >= 4 is 17.0 Å². The van der Waals surface area contributed by atoms with Crippen molar-refractivity contribution in [1.29, 1.82) is 0 Å². The van der Waals surface area contributed by atoms with Gasteiger partial charge in [-0.3, -0.25) is 4.99 Å². The molecular weight excluding hydrogens is 345 g/mol. The number of nitrogens with zero attached hydrogens (tertiary/aromatic N) is 2. The van der Waals surface area contributed by atoms with E-state index >= 15 is 0 Å². The number of aromatic nitrogens is 2. The van der Waals surface area contributed by atoms with Gasteiger partial charge in [0.05, 0.1) is 17.6 Å². The molecule has 0 bridgehead atoms. The number of para-hydroxylation sites is 3. The Morgan fingerprint density at radius 3 is 2.74 bits per heavy atom. The summed E-state index contributed by atoms with van der Waals surface area (Å²) in [6.07, 6.45) is 0.534. The van der Waals surface area contributed by atoms with Gasteiger partial charge >= 0.3 is 0 Å². The predicted molar refractivity (Wildman–Crippen MR) is 106 cm³/mol. The molecule has 2 aromatic carbocycles. The van der Waals surface area contributed by atoms with Crippen LogP contribution >= 0.6 is 0 Å². The number of hydrogen-bond acceptors (Lipinski definition) is 3. The fourth-order valence-corrected chi connectivity index (χ4v) is 2.68. The number of ether oxygens (including phenoxy) is 1. The average Bonchev–Trinajstić information content (AvgIpc) is 3.09. The lowest BCUT2D eigenvalue weighted by Crippen LogP contribution is -2.42. The van der Waals surface area contributed by atoms with Gasteiger partial charge in [0.25, 0.3) is 0 Å². The van der Waals surface area contributed by atoms with Gasteiger partial charge in [0.2, 0.25) is 0 Å². The number of aromatic amines is 1. The minimum atomic E-state index is -0.363. The van der Waals surface area contributed by atoms with Crippen molar-refractivity contribution in [1.82, 2.24) is 20.6 Å². The molecule has 6 nitrogen and oxygen atoms in total. The molecule has 0 fully saturated rings. The molecular formula is C20H24FN5O. The average molecular weight is 369 g/mol. The summed E-state index contributed by atoms with van der Waals surface area (Å²) in [6.45, 7) is 3.06. The Hall–Kier alpha value is -3.09. The standard InChI is InChI=1S/C20H24FN5O/c1-14(27-18-10-6-3-7-15(18)21)13-24-20(22-2)23-12-11-19-25-16-8-4-5-9-17(16)26-19/h3-10,14H,11-13H2,1-2H3,(H,25,26)(H2,22,23,24). The van der Waals surface area contributed by atoms with Gasteiger partial charge in [0.15, 0.2) is 17.5 Å². The lowest BCUT2D eigenvalue weighted by atomic mass is 10.3. The lowest BCUT2D eigenvalue weighted by Gasteiger charge is -2.18. The molecule has 0 amide bonds. The van der Waals surface area contributed by atoms with Crippen molar-refractivity contribution in [3.63, 3.8) is 0 Å². The van der Waals surface area contributed by atoms with Crippen LogP contribution in [0.5, 0.6) is 5.75 Å². The summed E-state index contributed by atoms with van der Waals surface area (Å²) in [4.78, 5) is 12.0. The maximum atomic E-state index is 13.6. The van der Waals surface area contributed by atoms with Gasteiger partial charge in [-0.15, -0.1) is 0 Å². The minimum absolute atomic E-state index is 0.212. The number of benzene rings is 2. The van der Waals surface area contributed by atoms with E-state index in [9.17, 15) is 4.39 Å². The van der Waals surface area contributed by atoms with Crippen molar-refractivity contribution in [2.24, 2.45) is 4.99 Å². The van der Waals surface area contributed by atoms with E-state index in [1.165, 1.54) is 6.07 Å². The normalized spacial score (nSPS) is 12.8. The van der Waals surface area contributed by atoms with E-state index in [1.54, 1.807) is 25.2 Å². The molecule has 0 radical (unpaired) electrons. The quantitative estimate of drug-likeness (QED) is 0.442. The SMILES string of the molecule is CN=C(NCCc1nc2ccccc2[nH]1)NCC(C)Oc1ccccc1F. The Bertz CT molecular complexity index is 875. The summed E-state index contributed by atoms with van der Waals surface area (Å²) < 4.78 is 19.2. The van der Waals surface area contributed by atoms with Gasteiger partial charge in [-0.2, -0.15) is 0 Å². The summed E-state index contributed by atoms with van der Waals surface area (Å²) in [6, 6.07) is 14.3. The first-order chi connectivity index (χ1) is 13.2. The van der Waals surface area contributed by atoms with Crippen LogP contribution in [-0.2, 0) is 6.42 Å². The first kappa shape index (κ1) is 18.7. The topological polar surface area (TPSA) is 74.3 Å². The van der Waals surface area contributed by atoms with Crippen molar-refractivity contribution in [3.05, 3.63) is 60.2 Å². The van der Waals surface area contributed by atoms with E-state index < -0.39 is 0 Å². The first-order valence-corrected chi connectivity index (χ1v) is 8.95. The first-order valence-electron chi connectivity index (χ1n) is 8.95. The molecule has 0 saturated heterocycles. The second-order valence-corrected chi connectivity index (χ2v) is 6.19. The number of hydrogen-bond donors (Lipinski definition) is 3. The van der Waals surface area contributed by atoms with Gasteiger partial charge in [0.1, 0.15) is 11.9 Å². The molecule has 0 spiro atoms. The van der Waals surface area contributed by atoms with Gasteiger partial charge in [-0.1, -0.05) is 24.3 Å². The maximum Gasteiger partial charge on any atom is 0.191 e. The Labute approximate surface area is 157 Å². The fourth-order valence-electron chi connectivity index (χ4n) is 2.68. The molecule has 3 N–H and O–H groups in total. The van der Waals surface area contributed by atoms with E-state index in [0.717, 1.165) is 23.3 Å². The van der Waals surface area contributed by atoms with Gasteiger partial charge in [-0.25, -0.2) is 9.37 Å². The van der Waals surface area contributed by atoms with Crippen LogP contribution in [-0.4, -0.2) is 42.2 Å². The molecule has 0 aliphatic rings. The van der Waals surface area contributed by atoms with Crippen molar-refractivity contribution < 1.29 is 9.13 Å². The number of nitrogens with one attached hydrogen (secondary N) is 3. The van der Waals surface area contributed by atoms with E-state index in [0.29, 0.717) is 19.0 Å².